The van der Waals surface area contributed by atoms with Crippen molar-refractivity contribution in [2.45, 2.75) is 30.7 Å². The molecule has 0 bridgehead atoms. The second kappa shape index (κ2) is 6.92. The van der Waals surface area contributed by atoms with Crippen LogP contribution in [-0.2, 0) is 4.74 Å². The Bertz CT molecular complexity index is 1270. The number of rotatable bonds is 3. The average molecular weight is 441 g/mol. The smallest absolute Gasteiger partial charge is 0.256 e. The number of hydrogen-bond acceptors (Lipinski definition) is 9. The highest BCUT2D eigenvalue weighted by molar-refractivity contribution is 6.30. The predicted octanol–water partition coefficient (Wildman–Crippen LogP) is 0.466. The predicted molar refractivity (Wildman–Crippen MR) is 110 cm³/mol. The molecule has 6 rings (SSSR count). The van der Waals surface area contributed by atoms with Gasteiger partial charge in [0.15, 0.2) is 11.5 Å². The second-order valence-corrected chi connectivity index (χ2v) is 7.98. The van der Waals surface area contributed by atoms with Crippen molar-refractivity contribution in [3.05, 3.63) is 35.9 Å². The van der Waals surface area contributed by atoms with Gasteiger partial charge < -0.3 is 44.7 Å². The van der Waals surface area contributed by atoms with E-state index < -0.39 is 37.3 Å². The largest absolute Gasteiger partial charge is 0.462 e. The van der Waals surface area contributed by atoms with Gasteiger partial charge in [-0.2, -0.15) is 0 Å². The van der Waals surface area contributed by atoms with Gasteiger partial charge in [-0.3, -0.25) is 4.79 Å². The van der Waals surface area contributed by atoms with Crippen molar-refractivity contribution >= 4 is 33.1 Å². The zero-order valence-electron chi connectivity index (χ0n) is 16.5. The summed E-state index contributed by atoms with van der Waals surface area (Å²) >= 11 is 0. The van der Waals surface area contributed by atoms with Crippen LogP contribution in [0.25, 0.3) is 21.5 Å². The maximum Gasteiger partial charge on any atom is 0.256 e. The molecule has 32 heavy (non-hydrogen) atoms. The highest BCUT2D eigenvalue weighted by Crippen LogP contribution is 2.49. The zero-order chi connectivity index (χ0) is 22.1. The SMILES string of the molecule is O=C1Nc2cc3ccc(OC4OC(CO)C(O)C(O)C4O)cc3c3c4c(cc1c23)OCO4. The Balaban J connectivity index is 1.47. The van der Waals surface area contributed by atoms with Crippen LogP contribution in [0.2, 0.25) is 0 Å². The summed E-state index contributed by atoms with van der Waals surface area (Å²) in [6.07, 6.45) is -6.94. The number of carbonyl (C=O) groups excluding carboxylic acids is 1. The van der Waals surface area contributed by atoms with Crippen LogP contribution in [-0.4, -0.2) is 70.4 Å². The van der Waals surface area contributed by atoms with Crippen molar-refractivity contribution < 1.29 is 44.2 Å². The van der Waals surface area contributed by atoms with E-state index in [1.54, 1.807) is 24.3 Å². The number of benzene rings is 3. The quantitative estimate of drug-likeness (QED) is 0.366. The average Bonchev–Trinajstić information content (AvgIpc) is 3.39. The van der Waals surface area contributed by atoms with Gasteiger partial charge in [0.2, 0.25) is 13.1 Å². The van der Waals surface area contributed by atoms with Gasteiger partial charge >= 0.3 is 0 Å². The third-order valence-electron chi connectivity index (χ3n) is 6.12. The van der Waals surface area contributed by atoms with Crippen LogP contribution in [0.15, 0.2) is 30.3 Å². The Morgan fingerprint density at radius 3 is 2.69 bits per heavy atom. The molecule has 5 unspecified atom stereocenters. The lowest BCUT2D eigenvalue weighted by molar-refractivity contribution is -0.277. The van der Waals surface area contributed by atoms with E-state index >= 15 is 0 Å². The Morgan fingerprint density at radius 2 is 1.88 bits per heavy atom. The number of fused-ring (bicyclic) bond motifs is 4. The highest BCUT2D eigenvalue weighted by atomic mass is 16.7. The minimum atomic E-state index is -1.54. The fraction of sp³-hybridized carbons (Fsp3) is 0.318. The van der Waals surface area contributed by atoms with E-state index in [9.17, 15) is 25.2 Å². The lowest BCUT2D eigenvalue weighted by Gasteiger charge is -2.39. The van der Waals surface area contributed by atoms with Gasteiger partial charge in [0.05, 0.1) is 17.9 Å². The molecule has 3 aliphatic rings. The van der Waals surface area contributed by atoms with Crippen LogP contribution in [0.5, 0.6) is 17.2 Å². The van der Waals surface area contributed by atoms with Gasteiger partial charge in [-0.1, -0.05) is 6.07 Å². The van der Waals surface area contributed by atoms with E-state index in [1.165, 1.54) is 0 Å². The molecule has 0 saturated carbocycles. The third kappa shape index (κ3) is 2.68. The number of anilines is 1. The minimum Gasteiger partial charge on any atom is -0.462 e. The lowest BCUT2D eigenvalue weighted by Crippen LogP contribution is -2.60. The van der Waals surface area contributed by atoms with Gasteiger partial charge in [0, 0.05) is 10.8 Å². The molecule has 3 aromatic rings. The molecule has 10 heteroatoms. The number of nitrogens with one attached hydrogen (secondary N) is 1. The van der Waals surface area contributed by atoms with E-state index in [0.717, 1.165) is 16.2 Å². The topological polar surface area (TPSA) is 147 Å². The Kier molecular flexibility index (Phi) is 4.23. The molecular formula is C22H19NO9. The maximum absolute atomic E-state index is 12.5. The van der Waals surface area contributed by atoms with Crippen molar-refractivity contribution in [1.82, 2.24) is 0 Å². The second-order valence-electron chi connectivity index (χ2n) is 7.98. The summed E-state index contributed by atoms with van der Waals surface area (Å²) in [7, 11) is 0. The molecule has 0 spiro atoms. The zero-order valence-corrected chi connectivity index (χ0v) is 16.5. The molecule has 1 fully saturated rings. The standard InChI is InChI=1S/C22H19NO9/c24-6-14-17(25)18(26)19(27)22(32-14)31-9-2-1-8-3-12-15-11(21(28)23-12)5-13-20(30-7-29-13)16(15)10(8)4-9/h1-5,14,17-19,22,24-27H,6-7H2,(H,23,28). The Labute approximate surface area is 180 Å². The molecule has 0 aromatic heterocycles. The summed E-state index contributed by atoms with van der Waals surface area (Å²) in [5, 5.41) is 45.5. The van der Waals surface area contributed by atoms with Crippen molar-refractivity contribution in [1.29, 1.82) is 0 Å². The molecule has 10 nitrogen and oxygen atoms in total. The van der Waals surface area contributed by atoms with Gasteiger partial charge in [-0.05, 0) is 35.0 Å². The monoisotopic (exact) mass is 441 g/mol. The first-order chi connectivity index (χ1) is 15.5. The minimum absolute atomic E-state index is 0.0439. The van der Waals surface area contributed by atoms with E-state index in [-0.39, 0.29) is 12.7 Å². The molecule has 166 valence electrons. The molecular weight excluding hydrogens is 422 g/mol. The summed E-state index contributed by atoms with van der Waals surface area (Å²) in [6, 6.07) is 8.66. The number of carbonyl (C=O) groups is 1. The highest BCUT2D eigenvalue weighted by Gasteiger charge is 2.44. The number of hydrogen-bond donors (Lipinski definition) is 5. The molecule has 0 radical (unpaired) electrons. The molecule has 1 saturated heterocycles. The summed E-state index contributed by atoms with van der Waals surface area (Å²) in [6.45, 7) is -0.508. The summed E-state index contributed by atoms with van der Waals surface area (Å²) in [4.78, 5) is 12.5. The first kappa shape index (κ1) is 19.5. The fourth-order valence-electron chi connectivity index (χ4n) is 4.52. The van der Waals surface area contributed by atoms with Crippen molar-refractivity contribution in [3.63, 3.8) is 0 Å². The first-order valence-corrected chi connectivity index (χ1v) is 10.1. The number of amides is 1. The number of ether oxygens (including phenoxy) is 4. The number of aliphatic hydroxyl groups excluding tert-OH is 4. The molecule has 3 heterocycles. The van der Waals surface area contributed by atoms with Crippen molar-refractivity contribution in [2.24, 2.45) is 0 Å². The Hall–Kier alpha value is -3.15. The van der Waals surface area contributed by atoms with E-state index in [1.807, 2.05) is 6.07 Å². The molecule has 3 aliphatic heterocycles. The van der Waals surface area contributed by atoms with Crippen LogP contribution >= 0.6 is 0 Å². The van der Waals surface area contributed by atoms with Gasteiger partial charge in [-0.25, -0.2) is 0 Å². The van der Waals surface area contributed by atoms with Crippen LogP contribution in [0.3, 0.4) is 0 Å². The van der Waals surface area contributed by atoms with Crippen LogP contribution < -0.4 is 19.5 Å². The van der Waals surface area contributed by atoms with Gasteiger partial charge in [-0.15, -0.1) is 0 Å². The Morgan fingerprint density at radius 1 is 1.03 bits per heavy atom. The summed E-state index contributed by atoms with van der Waals surface area (Å²) < 4.78 is 22.4. The summed E-state index contributed by atoms with van der Waals surface area (Å²) in [5.41, 5.74) is 1.16. The third-order valence-corrected chi connectivity index (χ3v) is 6.12. The van der Waals surface area contributed by atoms with Gasteiger partial charge in [0.1, 0.15) is 30.2 Å². The van der Waals surface area contributed by atoms with Crippen molar-refractivity contribution in [2.75, 3.05) is 18.7 Å². The molecule has 5 atom stereocenters. The molecule has 0 aliphatic carbocycles. The lowest BCUT2D eigenvalue weighted by atomic mass is 9.97. The van der Waals surface area contributed by atoms with E-state index in [0.29, 0.717) is 33.9 Å². The van der Waals surface area contributed by atoms with E-state index in [4.69, 9.17) is 18.9 Å². The maximum atomic E-state index is 12.5. The van der Waals surface area contributed by atoms with Crippen LogP contribution in [0, 0.1) is 0 Å². The number of aliphatic hydroxyl groups is 4. The summed E-state index contributed by atoms with van der Waals surface area (Å²) in [5.74, 6) is 1.09. The molecule has 1 amide bonds. The normalized spacial score (nSPS) is 28.4. The van der Waals surface area contributed by atoms with Crippen LogP contribution in [0.4, 0.5) is 5.69 Å². The van der Waals surface area contributed by atoms with Crippen molar-refractivity contribution in [3.8, 4) is 17.2 Å². The molecule has 5 N–H and O–H groups in total. The van der Waals surface area contributed by atoms with Gasteiger partial charge in [0.25, 0.3) is 5.91 Å². The van der Waals surface area contributed by atoms with E-state index in [2.05, 4.69) is 5.32 Å². The van der Waals surface area contributed by atoms with Crippen LogP contribution in [0.1, 0.15) is 10.4 Å². The first-order valence-electron chi connectivity index (χ1n) is 10.1. The molecule has 3 aromatic carbocycles. The fourth-order valence-corrected chi connectivity index (χ4v) is 4.52.